The van der Waals surface area contributed by atoms with Crippen LogP contribution in [-0.4, -0.2) is 50.0 Å². The van der Waals surface area contributed by atoms with Gasteiger partial charge in [0.25, 0.3) is 0 Å². The highest BCUT2D eigenvalue weighted by Gasteiger charge is 2.31. The third-order valence-corrected chi connectivity index (χ3v) is 5.32. The molecule has 9 nitrogen and oxygen atoms in total. The molecule has 9 heteroatoms. The van der Waals surface area contributed by atoms with Gasteiger partial charge in [0.1, 0.15) is 11.8 Å². The van der Waals surface area contributed by atoms with Crippen molar-refractivity contribution in [1.82, 2.24) is 20.3 Å². The highest BCUT2D eigenvalue weighted by molar-refractivity contribution is 5.85. The Morgan fingerprint density at radius 2 is 1.93 bits per heavy atom. The second kappa shape index (κ2) is 9.62. The van der Waals surface area contributed by atoms with Crippen LogP contribution < -0.4 is 11.1 Å². The summed E-state index contributed by atoms with van der Waals surface area (Å²) in [5.74, 6) is -0.854. The van der Waals surface area contributed by atoms with Crippen LogP contribution in [0, 0.1) is 5.92 Å². The van der Waals surface area contributed by atoms with E-state index in [0.717, 1.165) is 31.5 Å². The van der Waals surface area contributed by atoms with Crippen molar-refractivity contribution >= 4 is 11.8 Å². The Morgan fingerprint density at radius 3 is 2.59 bits per heavy atom. The molecule has 0 saturated carbocycles. The number of aliphatic carboxylic acids is 1. The van der Waals surface area contributed by atoms with Crippen molar-refractivity contribution in [3.63, 3.8) is 0 Å². The molecule has 2 atom stereocenters. The average Bonchev–Trinajstić information content (AvgIpc) is 3.20. The van der Waals surface area contributed by atoms with Crippen molar-refractivity contribution in [3.05, 3.63) is 41.7 Å². The summed E-state index contributed by atoms with van der Waals surface area (Å²) in [6, 6.07) is 5.68. The Kier molecular flexibility index (Phi) is 6.95. The molecule has 1 aliphatic rings. The van der Waals surface area contributed by atoms with E-state index in [0.29, 0.717) is 12.1 Å². The molecule has 2 aromatic rings. The van der Waals surface area contributed by atoms with Crippen LogP contribution in [0.4, 0.5) is 0 Å². The van der Waals surface area contributed by atoms with Gasteiger partial charge in [-0.3, -0.25) is 9.59 Å². The van der Waals surface area contributed by atoms with Crippen LogP contribution >= 0.6 is 0 Å². The molecule has 2 heterocycles. The number of rotatable bonds is 9. The zero-order chi connectivity index (χ0) is 20.8. The number of piperidine rings is 1. The molecule has 0 spiro atoms. The fraction of sp³-hybridized carbons (Fsp3) is 0.500. The molecule has 0 bridgehead atoms. The zero-order valence-corrected chi connectivity index (χ0v) is 16.2. The first-order valence-electron chi connectivity index (χ1n) is 9.85. The van der Waals surface area contributed by atoms with Gasteiger partial charge >= 0.3 is 5.97 Å². The quantitative estimate of drug-likeness (QED) is 0.491. The van der Waals surface area contributed by atoms with Crippen LogP contribution in [0.15, 0.2) is 30.5 Å². The molecule has 1 aromatic heterocycles. The van der Waals surface area contributed by atoms with Crippen molar-refractivity contribution in [2.75, 3.05) is 13.1 Å². The van der Waals surface area contributed by atoms with Crippen LogP contribution in [0.1, 0.15) is 49.0 Å². The van der Waals surface area contributed by atoms with Gasteiger partial charge in [-0.1, -0.05) is 17.3 Å². The maximum atomic E-state index is 13.0. The molecule has 1 aliphatic heterocycles. The van der Waals surface area contributed by atoms with E-state index in [9.17, 15) is 14.7 Å². The van der Waals surface area contributed by atoms with Gasteiger partial charge in [-0.25, -0.2) is 4.68 Å². The normalized spacial score (nSPS) is 17.0. The molecule has 156 valence electrons. The Hall–Kier alpha value is -2.78. The summed E-state index contributed by atoms with van der Waals surface area (Å²) in [4.78, 5) is 24.1. The minimum absolute atomic E-state index is 0.0105. The smallest absolute Gasteiger partial charge is 0.303 e. The van der Waals surface area contributed by atoms with Crippen molar-refractivity contribution in [1.29, 1.82) is 0 Å². The molecule has 0 amide bonds. The Morgan fingerprint density at radius 1 is 1.24 bits per heavy atom. The lowest BCUT2D eigenvalue weighted by Gasteiger charge is -2.25. The lowest BCUT2D eigenvalue weighted by atomic mass is 9.88. The number of carboxylic acids is 1. The minimum atomic E-state index is -0.947. The van der Waals surface area contributed by atoms with Gasteiger partial charge in [0, 0.05) is 12.3 Å². The number of hydrogen-bond acceptors (Lipinski definition) is 7. The van der Waals surface area contributed by atoms with Gasteiger partial charge < -0.3 is 21.3 Å². The number of carbonyl (C=O) groups is 2. The predicted octanol–water partition coefficient (Wildman–Crippen LogP) is 1.20. The zero-order valence-electron chi connectivity index (χ0n) is 16.2. The van der Waals surface area contributed by atoms with Crippen LogP contribution in [0.3, 0.4) is 0 Å². The lowest BCUT2D eigenvalue weighted by molar-refractivity contribution is -0.137. The fourth-order valence-electron chi connectivity index (χ4n) is 3.65. The topological polar surface area (TPSA) is 143 Å². The number of nitrogens with zero attached hydrogens (tertiary/aromatic N) is 3. The van der Waals surface area contributed by atoms with Crippen LogP contribution in [-0.2, 0) is 16.0 Å². The van der Waals surface area contributed by atoms with Crippen LogP contribution in [0.2, 0.25) is 0 Å². The molecule has 0 aliphatic carbocycles. The van der Waals surface area contributed by atoms with Crippen LogP contribution in [0.25, 0.3) is 0 Å². The first-order chi connectivity index (χ1) is 13.9. The Bertz CT molecular complexity index is 830. The van der Waals surface area contributed by atoms with Gasteiger partial charge in [-0.05, 0) is 56.5 Å². The van der Waals surface area contributed by atoms with E-state index in [4.69, 9.17) is 10.8 Å². The summed E-state index contributed by atoms with van der Waals surface area (Å²) < 4.78 is 1.47. The summed E-state index contributed by atoms with van der Waals surface area (Å²) in [5.41, 5.74) is 7.74. The minimum Gasteiger partial charge on any atom is -0.508 e. The fourth-order valence-corrected chi connectivity index (χ4v) is 3.65. The summed E-state index contributed by atoms with van der Waals surface area (Å²) in [5, 5.41) is 29.9. The molecule has 1 fully saturated rings. The third-order valence-electron chi connectivity index (χ3n) is 5.32. The SMILES string of the molecule is N[C@@H](Cc1ccc(O)cc1)c1cn([C@@H](CCC(=O)O)C(=O)C2CCNCC2)nn1. The molecule has 1 aromatic carbocycles. The van der Waals surface area contributed by atoms with Crippen molar-refractivity contribution in [2.24, 2.45) is 11.7 Å². The number of phenols is 1. The molecule has 29 heavy (non-hydrogen) atoms. The predicted molar refractivity (Wildman–Crippen MR) is 105 cm³/mol. The van der Waals surface area contributed by atoms with E-state index in [1.807, 2.05) is 0 Å². The molecule has 0 radical (unpaired) electrons. The van der Waals surface area contributed by atoms with Crippen molar-refractivity contribution in [2.45, 2.75) is 44.2 Å². The molecule has 5 N–H and O–H groups in total. The molecular weight excluding hydrogens is 374 g/mol. The van der Waals surface area contributed by atoms with Crippen molar-refractivity contribution < 1.29 is 19.8 Å². The first-order valence-corrected chi connectivity index (χ1v) is 9.85. The third kappa shape index (κ3) is 5.61. The van der Waals surface area contributed by atoms with E-state index >= 15 is 0 Å². The average molecular weight is 401 g/mol. The second-order valence-electron chi connectivity index (χ2n) is 7.48. The van der Waals surface area contributed by atoms with E-state index in [1.165, 1.54) is 4.68 Å². The largest absolute Gasteiger partial charge is 0.508 e. The number of aromatic nitrogens is 3. The number of Topliss-reactive ketones (excluding diaryl/α,β-unsaturated/α-hetero) is 1. The van der Waals surface area contributed by atoms with E-state index in [2.05, 4.69) is 15.6 Å². The maximum absolute atomic E-state index is 13.0. The Balaban J connectivity index is 1.73. The maximum Gasteiger partial charge on any atom is 0.303 e. The number of benzene rings is 1. The number of carbonyl (C=O) groups excluding carboxylic acids is 1. The first kappa shape index (κ1) is 20.9. The van der Waals surface area contributed by atoms with Crippen molar-refractivity contribution in [3.8, 4) is 5.75 Å². The Labute approximate surface area is 168 Å². The highest BCUT2D eigenvalue weighted by Crippen LogP contribution is 2.25. The van der Waals surface area contributed by atoms with E-state index < -0.39 is 18.1 Å². The van der Waals surface area contributed by atoms with Gasteiger partial charge in [0.2, 0.25) is 0 Å². The number of ketones is 1. The van der Waals surface area contributed by atoms with Gasteiger partial charge in [-0.2, -0.15) is 0 Å². The number of nitrogens with two attached hydrogens (primary N) is 1. The van der Waals surface area contributed by atoms with Gasteiger partial charge in [-0.15, -0.1) is 5.10 Å². The summed E-state index contributed by atoms with van der Waals surface area (Å²) in [6.45, 7) is 1.56. The summed E-state index contributed by atoms with van der Waals surface area (Å²) in [7, 11) is 0. The monoisotopic (exact) mass is 401 g/mol. The molecular formula is C20H27N5O4. The van der Waals surface area contributed by atoms with Gasteiger partial charge in [0.15, 0.2) is 5.78 Å². The molecule has 3 rings (SSSR count). The number of carboxylic acid groups (broad SMARTS) is 1. The molecule has 0 unspecified atom stereocenters. The number of phenolic OH excluding ortho intramolecular Hbond substituents is 1. The van der Waals surface area contributed by atoms with Crippen LogP contribution in [0.5, 0.6) is 5.75 Å². The standard InChI is InChI=1S/C20H27N5O4/c21-16(11-13-1-3-15(26)4-2-13)17-12-25(24-23-17)18(5-6-19(27)28)20(29)14-7-9-22-10-8-14/h1-4,12,14,16,18,22,26H,5-11,21H2,(H,27,28)/t16-,18-/m0/s1. The number of hydrogen-bond donors (Lipinski definition) is 4. The van der Waals surface area contributed by atoms with Gasteiger partial charge in [0.05, 0.1) is 17.9 Å². The number of nitrogens with one attached hydrogen (secondary N) is 1. The number of aromatic hydroxyl groups is 1. The summed E-state index contributed by atoms with van der Waals surface area (Å²) >= 11 is 0. The second-order valence-corrected chi connectivity index (χ2v) is 7.48. The summed E-state index contributed by atoms with van der Waals surface area (Å²) in [6.07, 6.45) is 3.69. The highest BCUT2D eigenvalue weighted by atomic mass is 16.4. The molecule has 1 saturated heterocycles. The lowest BCUT2D eigenvalue weighted by Crippen LogP contribution is -2.36. The van der Waals surface area contributed by atoms with E-state index in [1.54, 1.807) is 30.5 Å². The van der Waals surface area contributed by atoms with E-state index in [-0.39, 0.29) is 30.3 Å².